The minimum absolute atomic E-state index is 0.107. The molecule has 0 radical (unpaired) electrons. The third-order valence-electron chi connectivity index (χ3n) is 19.8. The minimum atomic E-state index is -4.96. The van der Waals surface area contributed by atoms with Gasteiger partial charge in [-0.1, -0.05) is 388 Å². The van der Waals surface area contributed by atoms with Gasteiger partial charge in [0.25, 0.3) is 0 Å². The van der Waals surface area contributed by atoms with Gasteiger partial charge in [0.15, 0.2) is 12.2 Å². The molecular weight excluding hydrogens is 1330 g/mol. The third kappa shape index (κ3) is 74.9. The first-order valence-electron chi connectivity index (χ1n) is 43.0. The topological polar surface area (TPSA) is 237 Å². The molecule has 0 amide bonds. The van der Waals surface area contributed by atoms with Crippen LogP contribution in [0.3, 0.4) is 0 Å². The average Bonchev–Trinajstić information content (AvgIpc) is 0.931. The zero-order valence-electron chi connectivity index (χ0n) is 66.9. The zero-order valence-corrected chi connectivity index (χ0v) is 68.7. The van der Waals surface area contributed by atoms with Crippen molar-refractivity contribution in [1.82, 2.24) is 0 Å². The highest BCUT2D eigenvalue weighted by atomic mass is 31.2. The molecule has 0 aliphatic carbocycles. The second-order valence-electron chi connectivity index (χ2n) is 30.6. The summed E-state index contributed by atoms with van der Waals surface area (Å²) >= 11 is 0. The number of carbonyl (C=O) groups excluding carboxylic acids is 4. The van der Waals surface area contributed by atoms with Gasteiger partial charge in [0.1, 0.15) is 19.3 Å². The number of rotatable bonds is 82. The molecule has 0 aliphatic heterocycles. The van der Waals surface area contributed by atoms with Gasteiger partial charge in [-0.25, -0.2) is 9.13 Å². The smallest absolute Gasteiger partial charge is 0.462 e. The first kappa shape index (κ1) is 100. The van der Waals surface area contributed by atoms with Gasteiger partial charge in [0, 0.05) is 25.7 Å². The van der Waals surface area contributed by atoms with Gasteiger partial charge in [0.2, 0.25) is 0 Å². The highest BCUT2D eigenvalue weighted by molar-refractivity contribution is 7.47. The summed E-state index contributed by atoms with van der Waals surface area (Å²) in [6, 6.07) is 0. The summed E-state index contributed by atoms with van der Waals surface area (Å²) in [6.45, 7) is 9.66. The van der Waals surface area contributed by atoms with Crippen LogP contribution < -0.4 is 0 Å². The van der Waals surface area contributed by atoms with E-state index in [0.717, 1.165) is 102 Å². The van der Waals surface area contributed by atoms with Crippen molar-refractivity contribution < 1.29 is 80.2 Å². The maximum absolute atomic E-state index is 13.1. The predicted octanol–water partition coefficient (Wildman–Crippen LogP) is 25.1. The lowest BCUT2D eigenvalue weighted by molar-refractivity contribution is -0.161. The van der Waals surface area contributed by atoms with Gasteiger partial charge in [-0.05, 0) is 37.5 Å². The fourth-order valence-electron chi connectivity index (χ4n) is 12.9. The Morgan fingerprint density at radius 3 is 0.745 bits per heavy atom. The second-order valence-corrected chi connectivity index (χ2v) is 33.5. The molecular formula is C83H162O17P2. The number of phosphoric ester groups is 2. The van der Waals surface area contributed by atoms with Crippen molar-refractivity contribution in [2.75, 3.05) is 39.6 Å². The van der Waals surface area contributed by atoms with Crippen molar-refractivity contribution in [3.63, 3.8) is 0 Å². The van der Waals surface area contributed by atoms with Crippen molar-refractivity contribution in [2.45, 2.75) is 458 Å². The molecule has 0 rings (SSSR count). The summed E-state index contributed by atoms with van der Waals surface area (Å²) < 4.78 is 68.8. The number of ether oxygens (including phenoxy) is 4. The van der Waals surface area contributed by atoms with Gasteiger partial charge in [-0.3, -0.25) is 37.3 Å². The molecule has 3 N–H and O–H groups in total. The van der Waals surface area contributed by atoms with Crippen LogP contribution in [0.5, 0.6) is 0 Å². The summed E-state index contributed by atoms with van der Waals surface area (Å²) in [5.74, 6) is -0.545. The number of carbonyl (C=O) groups is 4. The molecule has 0 saturated carbocycles. The van der Waals surface area contributed by atoms with Gasteiger partial charge in [-0.15, -0.1) is 0 Å². The van der Waals surface area contributed by atoms with Crippen molar-refractivity contribution >= 4 is 39.5 Å². The van der Waals surface area contributed by atoms with Crippen LogP contribution in [-0.2, 0) is 65.4 Å². The average molecular weight is 1490 g/mol. The Balaban J connectivity index is 5.23. The molecule has 0 heterocycles. The van der Waals surface area contributed by atoms with Crippen LogP contribution in [0.1, 0.15) is 440 Å². The maximum Gasteiger partial charge on any atom is 0.472 e. The van der Waals surface area contributed by atoms with Gasteiger partial charge in [-0.2, -0.15) is 0 Å². The Morgan fingerprint density at radius 2 is 0.500 bits per heavy atom. The molecule has 0 aromatic heterocycles. The van der Waals surface area contributed by atoms with Crippen LogP contribution in [0, 0.1) is 11.8 Å². The van der Waals surface area contributed by atoms with Gasteiger partial charge < -0.3 is 33.8 Å². The molecule has 3 unspecified atom stereocenters. The molecule has 0 saturated heterocycles. The monoisotopic (exact) mass is 1490 g/mol. The number of aliphatic hydroxyl groups excluding tert-OH is 1. The van der Waals surface area contributed by atoms with Crippen LogP contribution in [0.2, 0.25) is 0 Å². The van der Waals surface area contributed by atoms with Crippen LogP contribution in [0.4, 0.5) is 0 Å². The van der Waals surface area contributed by atoms with E-state index in [9.17, 15) is 43.2 Å². The van der Waals surface area contributed by atoms with E-state index in [4.69, 9.17) is 37.0 Å². The lowest BCUT2D eigenvalue weighted by Gasteiger charge is -2.21. The molecule has 19 heteroatoms. The lowest BCUT2D eigenvalue weighted by Crippen LogP contribution is -2.30. The molecule has 102 heavy (non-hydrogen) atoms. The minimum Gasteiger partial charge on any atom is -0.462 e. The third-order valence-corrected chi connectivity index (χ3v) is 21.7. The Hall–Kier alpha value is -1.94. The number of phosphoric acid groups is 2. The molecule has 0 bridgehead atoms. The number of hydrogen-bond acceptors (Lipinski definition) is 15. The molecule has 0 spiro atoms. The van der Waals surface area contributed by atoms with Crippen molar-refractivity contribution in [3.8, 4) is 0 Å². The van der Waals surface area contributed by atoms with E-state index < -0.39 is 97.5 Å². The summed E-state index contributed by atoms with van der Waals surface area (Å²) in [5.41, 5.74) is 0. The van der Waals surface area contributed by atoms with E-state index in [0.29, 0.717) is 25.7 Å². The standard InChI is InChI=1S/C83H162O17P2/c1-7-10-12-14-16-18-20-22-23-24-25-26-27-28-29-30-32-34-43-49-55-61-67-82(87)99-78(72-94-81(86)66-60-54-48-42-38-36-40-46-52-58-64-76(6)9-3)73-97-101(89,90)95-69-77(84)70-96-102(91,92)98-74-79(100-83(88)68-62-56-50-44-37-35-39-45-51-57-63-75(4)5)71-93-80(85)65-59-53-47-41-33-31-21-19-17-15-13-11-8-2/h75-79,84H,7-74H2,1-6H3,(H,89,90)(H,91,92)/t76?,77-,78-,79-/m1/s1. The predicted molar refractivity (Wildman–Crippen MR) is 418 cm³/mol. The Kier molecular flexibility index (Phi) is 73.1. The normalized spacial score (nSPS) is 14.1. The molecule has 0 aromatic carbocycles. The van der Waals surface area contributed by atoms with Crippen LogP contribution in [-0.4, -0.2) is 96.7 Å². The van der Waals surface area contributed by atoms with Crippen molar-refractivity contribution in [1.29, 1.82) is 0 Å². The highest BCUT2D eigenvalue weighted by Gasteiger charge is 2.30. The molecule has 6 atom stereocenters. The van der Waals surface area contributed by atoms with E-state index in [-0.39, 0.29) is 25.7 Å². The Labute approximate surface area is 626 Å². The fourth-order valence-corrected chi connectivity index (χ4v) is 14.4. The molecule has 606 valence electrons. The summed E-state index contributed by atoms with van der Waals surface area (Å²) in [5, 5.41) is 10.7. The molecule has 0 fully saturated rings. The Morgan fingerprint density at radius 1 is 0.284 bits per heavy atom. The highest BCUT2D eigenvalue weighted by Crippen LogP contribution is 2.45. The SMILES string of the molecule is CCCCCCCCCCCCCCCCCCCCCCCCC(=O)O[C@H](COC(=O)CCCCCCCCCCCCC(C)CC)COP(=O)(O)OC[C@@H](O)COP(=O)(O)OC[C@@H](COC(=O)CCCCCCCCCCCCCCC)OC(=O)CCCCCCCCCCCCC(C)C. The quantitative estimate of drug-likeness (QED) is 0.0222. The van der Waals surface area contributed by atoms with Gasteiger partial charge >= 0.3 is 39.5 Å². The first-order chi connectivity index (χ1) is 49.4. The van der Waals surface area contributed by atoms with Crippen molar-refractivity contribution in [2.24, 2.45) is 11.8 Å². The van der Waals surface area contributed by atoms with E-state index in [1.807, 2.05) is 0 Å². The summed E-state index contributed by atoms with van der Waals surface area (Å²) in [7, 11) is -9.92. The number of unbranched alkanes of at least 4 members (excludes halogenated alkanes) is 51. The number of hydrogen-bond donors (Lipinski definition) is 3. The van der Waals surface area contributed by atoms with E-state index in [1.165, 1.54) is 257 Å². The lowest BCUT2D eigenvalue weighted by atomic mass is 9.99. The largest absolute Gasteiger partial charge is 0.472 e. The summed E-state index contributed by atoms with van der Waals surface area (Å²) in [4.78, 5) is 73.1. The van der Waals surface area contributed by atoms with Crippen LogP contribution >= 0.6 is 15.6 Å². The first-order valence-corrected chi connectivity index (χ1v) is 46.0. The van der Waals surface area contributed by atoms with E-state index >= 15 is 0 Å². The zero-order chi connectivity index (χ0) is 74.9. The second kappa shape index (κ2) is 74.5. The summed E-state index contributed by atoms with van der Waals surface area (Å²) in [6.07, 6.45) is 65.2. The van der Waals surface area contributed by atoms with E-state index in [2.05, 4.69) is 41.5 Å². The Bertz CT molecular complexity index is 1960. The number of aliphatic hydroxyl groups is 1. The van der Waals surface area contributed by atoms with Crippen LogP contribution in [0.25, 0.3) is 0 Å². The van der Waals surface area contributed by atoms with Gasteiger partial charge in [0.05, 0.1) is 26.4 Å². The molecule has 0 aliphatic rings. The molecule has 17 nitrogen and oxygen atoms in total. The fraction of sp³-hybridized carbons (Fsp3) is 0.952. The maximum atomic E-state index is 13.1. The molecule has 0 aromatic rings. The van der Waals surface area contributed by atoms with Crippen molar-refractivity contribution in [3.05, 3.63) is 0 Å². The number of esters is 4. The van der Waals surface area contributed by atoms with E-state index in [1.54, 1.807) is 0 Å². The van der Waals surface area contributed by atoms with Crippen LogP contribution in [0.15, 0.2) is 0 Å².